The fraction of sp³-hybridized carbons (Fsp3) is 0.0417. The zero-order valence-corrected chi connectivity index (χ0v) is 19.3. The summed E-state index contributed by atoms with van der Waals surface area (Å²) in [7, 11) is -4.35. The minimum Gasteiger partial charge on any atom is -0.365 e. The molecule has 0 saturated carbocycles. The summed E-state index contributed by atoms with van der Waals surface area (Å²) in [5.41, 5.74) is 3.82. The Kier molecular flexibility index (Phi) is 5.93. The fourth-order valence-electron chi connectivity index (χ4n) is 3.59. The summed E-state index contributed by atoms with van der Waals surface area (Å²) in [6.07, 6.45) is 1.70. The molecule has 8 nitrogen and oxygen atoms in total. The predicted molar refractivity (Wildman–Crippen MR) is 135 cm³/mol. The molecule has 0 amide bonds. The van der Waals surface area contributed by atoms with E-state index in [0.29, 0.717) is 23.9 Å². The molecule has 0 aliphatic carbocycles. The van der Waals surface area contributed by atoms with E-state index in [9.17, 15) is 8.42 Å². The van der Waals surface area contributed by atoms with Crippen LogP contribution in [0, 0.1) is 0 Å². The Bertz CT molecular complexity index is 1560. The highest BCUT2D eigenvalue weighted by atomic mass is 32.2. The first-order valence-electron chi connectivity index (χ1n) is 10.3. The van der Waals surface area contributed by atoms with Crippen LogP contribution in [0.2, 0.25) is 0 Å². The molecule has 0 radical (unpaired) electrons. The van der Waals surface area contributed by atoms with Gasteiger partial charge in [0.05, 0.1) is 11.1 Å². The molecule has 3 aromatic heterocycles. The number of pyridine rings is 1. The largest absolute Gasteiger partial charge is 0.365 e. The summed E-state index contributed by atoms with van der Waals surface area (Å²) in [6.45, 7) is 0.374. The third-order valence-corrected chi connectivity index (χ3v) is 6.41. The van der Waals surface area contributed by atoms with Crippen molar-refractivity contribution in [3.63, 3.8) is 0 Å². The number of benzene rings is 2. The van der Waals surface area contributed by atoms with Crippen molar-refractivity contribution in [1.82, 2.24) is 15.0 Å². The van der Waals surface area contributed by atoms with Gasteiger partial charge in [0.1, 0.15) is 16.3 Å². The monoisotopic (exact) mass is 489 g/mol. The number of hydrogen-bond donors (Lipinski definition) is 3. The van der Waals surface area contributed by atoms with Crippen LogP contribution in [0.15, 0.2) is 84.4 Å². The second-order valence-electron chi connectivity index (χ2n) is 7.44. The molecule has 170 valence electrons. The first-order chi connectivity index (χ1) is 16.5. The van der Waals surface area contributed by atoms with Gasteiger partial charge in [0.15, 0.2) is 5.82 Å². The maximum atomic E-state index is 11.2. The van der Waals surface area contributed by atoms with Gasteiger partial charge < -0.3 is 5.32 Å². The lowest BCUT2D eigenvalue weighted by Crippen LogP contribution is -2.11. The summed E-state index contributed by atoms with van der Waals surface area (Å²) >= 11 is 1.54. The lowest BCUT2D eigenvalue weighted by Gasteiger charge is -2.12. The Morgan fingerprint density at radius 2 is 1.76 bits per heavy atom. The summed E-state index contributed by atoms with van der Waals surface area (Å²) < 4.78 is 33.5. The van der Waals surface area contributed by atoms with Crippen LogP contribution in [0.3, 0.4) is 0 Å². The van der Waals surface area contributed by atoms with E-state index in [4.69, 9.17) is 14.5 Å². The number of rotatable bonds is 7. The van der Waals surface area contributed by atoms with Crippen molar-refractivity contribution in [3.05, 3.63) is 89.9 Å². The van der Waals surface area contributed by atoms with Gasteiger partial charge in [0.2, 0.25) is 0 Å². The van der Waals surface area contributed by atoms with Crippen molar-refractivity contribution >= 4 is 43.4 Å². The molecule has 3 N–H and O–H groups in total. The highest BCUT2D eigenvalue weighted by Crippen LogP contribution is 2.38. The lowest BCUT2D eigenvalue weighted by molar-refractivity contribution is 0.489. The van der Waals surface area contributed by atoms with E-state index in [1.807, 2.05) is 54.6 Å². The standard InChI is InChI=1S/C24H19N5O3S2/c30-34(31,32)29-18-10-6-7-16(13-18)14-26-23-21-19(17-8-2-1-3-9-17)15-33-24(21)28-22(27-23)20-11-4-5-12-25-20/h1-13,15,29H,14H2,(H,26,27,28)(H,30,31,32). The average molecular weight is 490 g/mol. The van der Waals surface area contributed by atoms with Crippen LogP contribution in [0.25, 0.3) is 32.9 Å². The molecule has 34 heavy (non-hydrogen) atoms. The summed E-state index contributed by atoms with van der Waals surface area (Å²) in [4.78, 5) is 14.8. The van der Waals surface area contributed by atoms with Crippen LogP contribution >= 0.6 is 11.3 Å². The van der Waals surface area contributed by atoms with E-state index >= 15 is 0 Å². The highest BCUT2D eigenvalue weighted by molar-refractivity contribution is 7.87. The van der Waals surface area contributed by atoms with Gasteiger partial charge in [-0.2, -0.15) is 8.42 Å². The van der Waals surface area contributed by atoms with E-state index in [-0.39, 0.29) is 5.69 Å². The van der Waals surface area contributed by atoms with Gasteiger partial charge in [-0.3, -0.25) is 14.3 Å². The molecule has 0 unspecified atom stereocenters. The number of anilines is 2. The topological polar surface area (TPSA) is 117 Å². The van der Waals surface area contributed by atoms with Gasteiger partial charge >= 0.3 is 10.3 Å². The van der Waals surface area contributed by atoms with Crippen molar-refractivity contribution in [3.8, 4) is 22.6 Å². The summed E-state index contributed by atoms with van der Waals surface area (Å²) in [6, 6.07) is 22.4. The van der Waals surface area contributed by atoms with Gasteiger partial charge in [-0.15, -0.1) is 11.3 Å². The van der Waals surface area contributed by atoms with E-state index in [0.717, 1.165) is 26.9 Å². The van der Waals surface area contributed by atoms with Gasteiger partial charge in [-0.25, -0.2) is 9.97 Å². The normalized spacial score (nSPS) is 11.4. The molecular weight excluding hydrogens is 470 g/mol. The summed E-state index contributed by atoms with van der Waals surface area (Å²) in [5.74, 6) is 1.16. The molecule has 0 saturated heterocycles. The molecule has 0 bridgehead atoms. The Balaban J connectivity index is 1.55. The Labute approximate surface area is 200 Å². The molecule has 0 aliphatic rings. The maximum Gasteiger partial charge on any atom is 0.357 e. The molecule has 0 atom stereocenters. The molecule has 2 aromatic carbocycles. The molecular formula is C24H19N5O3S2. The zero-order valence-electron chi connectivity index (χ0n) is 17.7. The predicted octanol–water partition coefficient (Wildman–Crippen LogP) is 5.25. The quantitative estimate of drug-likeness (QED) is 0.267. The van der Waals surface area contributed by atoms with Crippen LogP contribution in [-0.2, 0) is 16.8 Å². The van der Waals surface area contributed by atoms with E-state index in [1.165, 1.54) is 11.3 Å². The van der Waals surface area contributed by atoms with Crippen LogP contribution < -0.4 is 10.0 Å². The van der Waals surface area contributed by atoms with Crippen molar-refractivity contribution in [1.29, 1.82) is 0 Å². The van der Waals surface area contributed by atoms with Gasteiger partial charge in [0, 0.05) is 23.7 Å². The molecule has 0 spiro atoms. The molecule has 3 heterocycles. The first kappa shape index (κ1) is 22.0. The maximum absolute atomic E-state index is 11.2. The van der Waals surface area contributed by atoms with Gasteiger partial charge in [-0.05, 0) is 35.4 Å². The lowest BCUT2D eigenvalue weighted by atomic mass is 10.1. The van der Waals surface area contributed by atoms with Crippen LogP contribution in [0.1, 0.15) is 5.56 Å². The van der Waals surface area contributed by atoms with Gasteiger partial charge in [0.25, 0.3) is 0 Å². The fourth-order valence-corrected chi connectivity index (χ4v) is 4.96. The molecule has 10 heteroatoms. The van der Waals surface area contributed by atoms with E-state index in [2.05, 4.69) is 20.4 Å². The molecule has 5 aromatic rings. The van der Waals surface area contributed by atoms with Crippen LogP contribution in [-0.4, -0.2) is 27.9 Å². The number of thiophene rings is 1. The smallest absolute Gasteiger partial charge is 0.357 e. The number of nitrogens with one attached hydrogen (secondary N) is 2. The Morgan fingerprint density at radius 1 is 0.941 bits per heavy atom. The van der Waals surface area contributed by atoms with E-state index < -0.39 is 10.3 Å². The molecule has 5 rings (SSSR count). The van der Waals surface area contributed by atoms with Crippen LogP contribution in [0.4, 0.5) is 11.5 Å². The van der Waals surface area contributed by atoms with Crippen LogP contribution in [0.5, 0.6) is 0 Å². The second-order valence-corrected chi connectivity index (χ2v) is 9.45. The first-order valence-corrected chi connectivity index (χ1v) is 12.6. The number of aromatic nitrogens is 3. The number of hydrogen-bond acceptors (Lipinski definition) is 7. The summed E-state index contributed by atoms with van der Waals surface area (Å²) in [5, 5.41) is 6.36. The third kappa shape index (κ3) is 4.88. The van der Waals surface area contributed by atoms with Crippen molar-refractivity contribution < 1.29 is 13.0 Å². The number of nitrogens with zero attached hydrogens (tertiary/aromatic N) is 3. The molecule has 0 fully saturated rings. The Morgan fingerprint density at radius 3 is 2.53 bits per heavy atom. The van der Waals surface area contributed by atoms with Crippen molar-refractivity contribution in [2.24, 2.45) is 0 Å². The third-order valence-electron chi connectivity index (χ3n) is 5.05. The van der Waals surface area contributed by atoms with E-state index in [1.54, 1.807) is 24.4 Å². The minimum absolute atomic E-state index is 0.268. The average Bonchev–Trinajstić information content (AvgIpc) is 3.27. The Hall–Kier alpha value is -3.86. The highest BCUT2D eigenvalue weighted by Gasteiger charge is 2.17. The number of fused-ring (bicyclic) bond motifs is 1. The minimum atomic E-state index is -4.35. The SMILES string of the molecule is O=S(=O)(O)Nc1cccc(CNc2nc(-c3ccccn3)nc3scc(-c4ccccc4)c23)c1. The van der Waals surface area contributed by atoms with Crippen molar-refractivity contribution in [2.75, 3.05) is 10.0 Å². The zero-order chi connectivity index (χ0) is 23.5. The second kappa shape index (κ2) is 9.18. The van der Waals surface area contributed by atoms with Gasteiger partial charge in [-0.1, -0.05) is 48.5 Å². The van der Waals surface area contributed by atoms with Crippen molar-refractivity contribution in [2.45, 2.75) is 6.54 Å². The molecule has 0 aliphatic heterocycles.